The molecule has 0 aromatic carbocycles. The summed E-state index contributed by atoms with van der Waals surface area (Å²) in [5.41, 5.74) is 4.56. The van der Waals surface area contributed by atoms with E-state index in [-0.39, 0.29) is 37.9 Å². The largest absolute Gasteiger partial charge is 0.481 e. The monoisotopic (exact) mass is 1090 g/mol. The minimum atomic E-state index is -5.49. The van der Waals surface area contributed by atoms with E-state index in [2.05, 4.69) is 96.1 Å². The number of ether oxygens (including phenoxy) is 3. The first-order chi connectivity index (χ1) is 36.1. The van der Waals surface area contributed by atoms with E-state index in [1.54, 1.807) is 18.2 Å². The van der Waals surface area contributed by atoms with Crippen molar-refractivity contribution in [3.05, 3.63) is 144 Å². The van der Waals surface area contributed by atoms with Crippen LogP contribution in [0.2, 0.25) is 0 Å². The van der Waals surface area contributed by atoms with Crippen molar-refractivity contribution in [3.8, 4) is 0 Å². The van der Waals surface area contributed by atoms with Crippen LogP contribution in [0.25, 0.3) is 0 Å². The maximum absolute atomic E-state index is 12.9. The first-order valence-electron chi connectivity index (χ1n) is 25.7. The first-order valence-corrected chi connectivity index (χ1v) is 28.6. The second kappa shape index (κ2) is 40.4. The number of aliphatic hydroxyl groups is 3. The molecule has 0 spiro atoms. The zero-order valence-corrected chi connectivity index (χ0v) is 45.2. The number of unbranched alkanes of at least 4 members (excludes halogenated alkanes) is 3. The number of nitrogens with two attached hydrogens (primary N) is 1. The SMILES string of the molecule is CC/C=C\C/C=C\C/C=C\C/C=C\C/C=C\C/C=C\CCC(=O)O[C@H](COC(=O)CCC[C@H](O)/C=C/C=C\C/C=C\C/C=C\CCCCC)COP(=O)(O)OP(=O)(O)OC[C@H]1O[C@@H](n2ccc(N)nc2=O)[C@H](O)[C@@H]1O. The summed E-state index contributed by atoms with van der Waals surface area (Å²) in [6.07, 6.45) is 44.6. The van der Waals surface area contributed by atoms with Gasteiger partial charge in [0.25, 0.3) is 0 Å². The molecule has 1 aromatic rings. The third-order valence-corrected chi connectivity index (χ3v) is 13.2. The van der Waals surface area contributed by atoms with Crippen LogP contribution in [0.1, 0.15) is 129 Å². The molecule has 75 heavy (non-hydrogen) atoms. The summed E-state index contributed by atoms with van der Waals surface area (Å²) in [6, 6.07) is 1.23. The summed E-state index contributed by atoms with van der Waals surface area (Å²) in [5.74, 6) is -1.63. The normalized spacial score (nSPS) is 20.2. The molecule has 19 nitrogen and oxygen atoms in total. The summed E-state index contributed by atoms with van der Waals surface area (Å²) >= 11 is 0. The molecule has 0 bridgehead atoms. The number of aliphatic hydroxyl groups excluding tert-OH is 3. The van der Waals surface area contributed by atoms with Crippen LogP contribution in [0.4, 0.5) is 5.82 Å². The van der Waals surface area contributed by atoms with Gasteiger partial charge in [0.05, 0.1) is 19.3 Å². The van der Waals surface area contributed by atoms with Gasteiger partial charge in [-0.05, 0) is 89.5 Å². The Bertz CT molecular complexity index is 2250. The highest BCUT2D eigenvalue weighted by molar-refractivity contribution is 7.61. The number of phosphoric acid groups is 2. The number of allylic oxidation sites excluding steroid dienone is 19. The number of rotatable bonds is 40. The lowest BCUT2D eigenvalue weighted by Crippen LogP contribution is -2.36. The number of nitrogen functional groups attached to an aromatic ring is 1. The van der Waals surface area contributed by atoms with Crippen LogP contribution in [0, 0.1) is 0 Å². The number of hydrogen-bond acceptors (Lipinski definition) is 16. The van der Waals surface area contributed by atoms with E-state index in [9.17, 15) is 48.6 Å². The van der Waals surface area contributed by atoms with Crippen molar-refractivity contribution in [2.24, 2.45) is 0 Å². The van der Waals surface area contributed by atoms with E-state index in [0.717, 1.165) is 62.1 Å². The Morgan fingerprint density at radius 3 is 1.87 bits per heavy atom. The van der Waals surface area contributed by atoms with Gasteiger partial charge in [0.15, 0.2) is 12.3 Å². The summed E-state index contributed by atoms with van der Waals surface area (Å²) < 4.78 is 56.5. The molecule has 2 heterocycles. The van der Waals surface area contributed by atoms with Crippen molar-refractivity contribution in [2.75, 3.05) is 25.6 Å². The van der Waals surface area contributed by atoms with E-state index in [1.165, 1.54) is 25.3 Å². The fourth-order valence-corrected chi connectivity index (χ4v) is 8.79. The predicted molar refractivity (Wildman–Crippen MR) is 290 cm³/mol. The number of carbonyl (C=O) groups excluding carboxylic acids is 2. The van der Waals surface area contributed by atoms with Gasteiger partial charge in [-0.1, -0.05) is 148 Å². The van der Waals surface area contributed by atoms with Crippen LogP contribution >= 0.6 is 15.6 Å². The minimum absolute atomic E-state index is 0.119. The molecule has 7 N–H and O–H groups in total. The van der Waals surface area contributed by atoms with E-state index in [1.807, 2.05) is 30.4 Å². The Morgan fingerprint density at radius 1 is 0.720 bits per heavy atom. The van der Waals surface area contributed by atoms with Crippen molar-refractivity contribution < 1.29 is 71.4 Å². The van der Waals surface area contributed by atoms with Crippen LogP contribution in [-0.4, -0.2) is 96.9 Å². The van der Waals surface area contributed by atoms with Gasteiger partial charge in [-0.3, -0.25) is 23.2 Å². The molecule has 1 aliphatic rings. The number of carbonyl (C=O) groups is 2. The average molecular weight is 1090 g/mol. The fourth-order valence-electron chi connectivity index (χ4n) is 6.68. The van der Waals surface area contributed by atoms with Crippen molar-refractivity contribution in [1.82, 2.24) is 9.55 Å². The van der Waals surface area contributed by atoms with Gasteiger partial charge in [0, 0.05) is 19.0 Å². The summed E-state index contributed by atoms with van der Waals surface area (Å²) in [4.78, 5) is 61.9. The molecular formula is C54H81N3O16P2. The van der Waals surface area contributed by atoms with Crippen LogP contribution < -0.4 is 11.4 Å². The molecule has 1 fully saturated rings. The molecule has 1 aliphatic heterocycles. The molecule has 0 aliphatic carbocycles. The summed E-state index contributed by atoms with van der Waals surface area (Å²) in [5, 5.41) is 31.3. The van der Waals surface area contributed by atoms with Crippen LogP contribution in [0.5, 0.6) is 0 Å². The quantitative estimate of drug-likeness (QED) is 0.0117. The third-order valence-electron chi connectivity index (χ3n) is 10.6. The number of nitrogens with zero attached hydrogens (tertiary/aromatic N) is 2. The van der Waals surface area contributed by atoms with Crippen LogP contribution in [-0.2, 0) is 46.3 Å². The van der Waals surface area contributed by atoms with E-state index >= 15 is 0 Å². The topological polar surface area (TPSA) is 286 Å². The van der Waals surface area contributed by atoms with Gasteiger partial charge >= 0.3 is 33.3 Å². The van der Waals surface area contributed by atoms with Crippen molar-refractivity contribution in [3.63, 3.8) is 0 Å². The minimum Gasteiger partial charge on any atom is -0.462 e. The second-order valence-electron chi connectivity index (χ2n) is 17.1. The second-order valence-corrected chi connectivity index (χ2v) is 20.2. The zero-order chi connectivity index (χ0) is 55.0. The Balaban J connectivity index is 1.89. The molecule has 21 heteroatoms. The molecule has 8 atom stereocenters. The van der Waals surface area contributed by atoms with Gasteiger partial charge in [-0.15, -0.1) is 0 Å². The maximum Gasteiger partial charge on any atom is 0.481 e. The van der Waals surface area contributed by atoms with Gasteiger partial charge in [0.1, 0.15) is 30.7 Å². The van der Waals surface area contributed by atoms with Crippen molar-refractivity contribution in [2.45, 2.75) is 160 Å². The van der Waals surface area contributed by atoms with Gasteiger partial charge in [0.2, 0.25) is 0 Å². The zero-order valence-electron chi connectivity index (χ0n) is 43.4. The highest BCUT2D eigenvalue weighted by Gasteiger charge is 2.46. The molecule has 2 rings (SSSR count). The van der Waals surface area contributed by atoms with E-state index < -0.39 is 89.8 Å². The molecule has 2 unspecified atom stereocenters. The summed E-state index contributed by atoms with van der Waals surface area (Å²) in [7, 11) is -11.0. The number of phosphoric ester groups is 2. The molecule has 0 radical (unpaired) electrons. The third kappa shape index (κ3) is 33.0. The Morgan fingerprint density at radius 2 is 1.28 bits per heavy atom. The predicted octanol–water partition coefficient (Wildman–Crippen LogP) is 9.74. The lowest BCUT2D eigenvalue weighted by atomic mass is 10.1. The van der Waals surface area contributed by atoms with Gasteiger partial charge < -0.3 is 45.1 Å². The van der Waals surface area contributed by atoms with Crippen molar-refractivity contribution >= 4 is 33.4 Å². The average Bonchev–Trinajstić information content (AvgIpc) is 3.64. The maximum atomic E-state index is 12.9. The smallest absolute Gasteiger partial charge is 0.462 e. The van der Waals surface area contributed by atoms with Crippen LogP contribution in [0.3, 0.4) is 0 Å². The van der Waals surface area contributed by atoms with Gasteiger partial charge in [-0.2, -0.15) is 9.29 Å². The number of hydrogen-bond donors (Lipinski definition) is 6. The van der Waals surface area contributed by atoms with E-state index in [4.69, 9.17) is 29.0 Å². The number of anilines is 1. The van der Waals surface area contributed by atoms with Crippen LogP contribution in [0.15, 0.2) is 139 Å². The molecule has 0 amide bonds. The van der Waals surface area contributed by atoms with E-state index in [0.29, 0.717) is 6.42 Å². The molecule has 418 valence electrons. The highest BCUT2D eigenvalue weighted by Crippen LogP contribution is 2.60. The molecule has 0 saturated carbocycles. The Labute approximate surface area is 442 Å². The lowest BCUT2D eigenvalue weighted by molar-refractivity contribution is -0.161. The lowest BCUT2D eigenvalue weighted by Gasteiger charge is -2.21. The fraction of sp³-hybridized carbons (Fsp3) is 0.519. The number of esters is 2. The molecule has 1 aromatic heterocycles. The van der Waals surface area contributed by atoms with Crippen molar-refractivity contribution in [1.29, 1.82) is 0 Å². The molecule has 1 saturated heterocycles. The highest BCUT2D eigenvalue weighted by atomic mass is 31.3. The summed E-state index contributed by atoms with van der Waals surface area (Å²) in [6.45, 7) is 1.73. The Kier molecular flexibility index (Phi) is 35.7. The van der Waals surface area contributed by atoms with Gasteiger partial charge in [-0.25, -0.2) is 13.9 Å². The number of aromatic nitrogens is 2. The molecular weight excluding hydrogens is 1010 g/mol. The first kappa shape index (κ1) is 66.2. The standard InChI is InChI=1S/C54H81N3O16P2/c1-3-5-7-9-11-13-15-17-18-19-20-21-22-24-26-28-30-32-34-38-50(60)71-46(42-68-49(59)39-35-37-45(58)36-33-31-29-27-25-23-16-14-12-10-8-6-4-2)43-69-74(64,65)73-75(66,67)70-44-47-51(61)52(62)53(72-47)57-41-40-48(55)56-54(57)63/h5,7,11-14,17-18,20-21,23-26,29-33,36,40-41,45-47,51-53,58,61-62H,3-4,6,8-10,15-16,19,22,27-28,34-35,37-39,42-44H2,1-2H3,(H,64,65)(H,66,67)(H2,55,56,63)/b7-5-,13-11-,14-12-,18-17-,21-20-,25-23-,26-24-,31-29-,32-30-,36-33+/t45-,46-,47-,51-,52-,53-/m1/s1. The Hall–Kier alpha value is -4.88.